The van der Waals surface area contributed by atoms with E-state index in [1.54, 1.807) is 12.1 Å². The highest BCUT2D eigenvalue weighted by Gasteiger charge is 2.26. The number of fused-ring (bicyclic) bond motifs is 1. The molecule has 176 valence electrons. The van der Waals surface area contributed by atoms with Gasteiger partial charge in [-0.15, -0.1) is 11.3 Å². The van der Waals surface area contributed by atoms with E-state index in [0.29, 0.717) is 37.1 Å². The number of aromatic nitrogens is 1. The first-order valence-corrected chi connectivity index (χ1v) is 12.3. The third-order valence-corrected chi connectivity index (χ3v) is 7.03. The molecule has 36 heavy (non-hydrogen) atoms. The monoisotopic (exact) mass is 509 g/mol. The van der Waals surface area contributed by atoms with Crippen LogP contribution in [0.2, 0.25) is 5.02 Å². The Kier molecular flexibility index (Phi) is 6.30. The van der Waals surface area contributed by atoms with Gasteiger partial charge in [0.25, 0.3) is 5.91 Å². The Bertz CT molecular complexity index is 1620. The fourth-order valence-corrected chi connectivity index (χ4v) is 5.26. The molecule has 0 unspecified atom stereocenters. The van der Waals surface area contributed by atoms with E-state index in [2.05, 4.69) is 21.7 Å². The van der Waals surface area contributed by atoms with Crippen molar-refractivity contribution in [3.8, 4) is 17.2 Å². The lowest BCUT2D eigenvalue weighted by Gasteiger charge is -2.10. The number of nitrogens with two attached hydrogens (primary N) is 1. The summed E-state index contributed by atoms with van der Waals surface area (Å²) < 4.78 is 0.676. The highest BCUT2D eigenvalue weighted by molar-refractivity contribution is 7.24. The predicted octanol–water partition coefficient (Wildman–Crippen LogP) is 7.37. The molecule has 0 aliphatic rings. The number of benzene rings is 3. The van der Waals surface area contributed by atoms with E-state index < -0.39 is 0 Å². The second kappa shape index (κ2) is 9.70. The van der Waals surface area contributed by atoms with Crippen molar-refractivity contribution in [2.24, 2.45) is 0 Å². The first-order chi connectivity index (χ1) is 17.4. The van der Waals surface area contributed by atoms with Gasteiger partial charge in [-0.2, -0.15) is 5.26 Å². The van der Waals surface area contributed by atoms with Crippen molar-refractivity contribution in [1.82, 2.24) is 4.98 Å². The van der Waals surface area contributed by atoms with Gasteiger partial charge in [-0.1, -0.05) is 59.6 Å². The third kappa shape index (κ3) is 4.48. The smallest absolute Gasteiger partial charge is 0.260 e. The molecule has 4 N–H and O–H groups in total. The van der Waals surface area contributed by atoms with E-state index in [1.165, 1.54) is 11.3 Å². The van der Waals surface area contributed by atoms with Gasteiger partial charge in [-0.3, -0.25) is 4.79 Å². The summed E-state index contributed by atoms with van der Waals surface area (Å²) in [6.45, 7) is 1.98. The lowest BCUT2D eigenvalue weighted by Crippen LogP contribution is -2.13. The van der Waals surface area contributed by atoms with Crippen LogP contribution in [0.25, 0.3) is 21.3 Å². The first kappa shape index (κ1) is 23.4. The zero-order chi connectivity index (χ0) is 25.2. The number of anilines is 4. The van der Waals surface area contributed by atoms with E-state index in [-0.39, 0.29) is 17.3 Å². The number of carbonyl (C=O) groups excluding carboxylic acids is 1. The number of pyridine rings is 1. The van der Waals surface area contributed by atoms with Crippen LogP contribution in [0.15, 0.2) is 78.9 Å². The number of para-hydroxylation sites is 1. The van der Waals surface area contributed by atoms with Gasteiger partial charge in [-0.05, 0) is 48.9 Å². The number of nitriles is 1. The minimum absolute atomic E-state index is 0.0587. The molecule has 5 aromatic rings. The number of carbonyl (C=O) groups is 1. The molecule has 2 aromatic heterocycles. The summed E-state index contributed by atoms with van der Waals surface area (Å²) in [5.74, 6) is -0.273. The molecule has 0 saturated carbocycles. The molecule has 0 atom stereocenters. The quantitative estimate of drug-likeness (QED) is 0.229. The molecule has 5 rings (SSSR count). The van der Waals surface area contributed by atoms with Crippen molar-refractivity contribution in [2.75, 3.05) is 16.4 Å². The van der Waals surface area contributed by atoms with Crippen LogP contribution in [0.1, 0.15) is 21.5 Å². The molecular formula is C28H20ClN5OS. The third-order valence-electron chi connectivity index (χ3n) is 5.66. The van der Waals surface area contributed by atoms with Crippen molar-refractivity contribution in [1.29, 1.82) is 5.26 Å². The minimum Gasteiger partial charge on any atom is -0.383 e. The van der Waals surface area contributed by atoms with Gasteiger partial charge in [0, 0.05) is 22.0 Å². The van der Waals surface area contributed by atoms with Crippen molar-refractivity contribution in [3.05, 3.63) is 101 Å². The van der Waals surface area contributed by atoms with Crippen LogP contribution in [0.4, 0.5) is 22.2 Å². The number of thiophene rings is 1. The van der Waals surface area contributed by atoms with Gasteiger partial charge in [0.2, 0.25) is 0 Å². The number of nitrogens with one attached hydrogen (secondary N) is 2. The maximum absolute atomic E-state index is 13.6. The van der Waals surface area contributed by atoms with Crippen LogP contribution in [-0.2, 0) is 0 Å². The zero-order valence-electron chi connectivity index (χ0n) is 19.2. The number of nitrogens with zero attached hydrogens (tertiary/aromatic N) is 2. The van der Waals surface area contributed by atoms with Crippen molar-refractivity contribution >= 4 is 61.3 Å². The average molecular weight is 510 g/mol. The maximum atomic E-state index is 13.6. The molecule has 0 bridgehead atoms. The predicted molar refractivity (Wildman–Crippen MR) is 148 cm³/mol. The Labute approximate surface area is 217 Å². The normalized spacial score (nSPS) is 10.7. The molecule has 0 radical (unpaired) electrons. The lowest BCUT2D eigenvalue weighted by molar-refractivity contribution is 0.102. The van der Waals surface area contributed by atoms with Crippen LogP contribution in [0, 0.1) is 18.3 Å². The van der Waals surface area contributed by atoms with Crippen LogP contribution >= 0.6 is 22.9 Å². The zero-order valence-corrected chi connectivity index (χ0v) is 20.7. The first-order valence-electron chi connectivity index (χ1n) is 11.1. The van der Waals surface area contributed by atoms with Crippen molar-refractivity contribution in [2.45, 2.75) is 6.92 Å². The summed E-state index contributed by atoms with van der Waals surface area (Å²) in [4.78, 5) is 18.2. The summed E-state index contributed by atoms with van der Waals surface area (Å²) >= 11 is 7.46. The SMILES string of the molecule is Cc1ccc(NC(=O)c2c(Nc3ccccc3)sc3c(-c4ccc(Cl)cc4)c(C#N)c(N)nc23)cc1. The van der Waals surface area contributed by atoms with Crippen molar-refractivity contribution < 1.29 is 4.79 Å². The lowest BCUT2D eigenvalue weighted by atomic mass is 10.00. The molecule has 2 heterocycles. The number of rotatable bonds is 5. The van der Waals surface area contributed by atoms with E-state index >= 15 is 0 Å². The minimum atomic E-state index is -0.331. The Morgan fingerprint density at radius 2 is 1.69 bits per heavy atom. The van der Waals surface area contributed by atoms with Crippen LogP contribution < -0.4 is 16.4 Å². The highest BCUT2D eigenvalue weighted by Crippen LogP contribution is 2.44. The Morgan fingerprint density at radius 1 is 1.00 bits per heavy atom. The van der Waals surface area contributed by atoms with Gasteiger partial charge in [0.15, 0.2) is 0 Å². The summed E-state index contributed by atoms with van der Waals surface area (Å²) in [6, 6.07) is 26.5. The van der Waals surface area contributed by atoms with E-state index in [1.807, 2.05) is 73.7 Å². The second-order valence-corrected chi connectivity index (χ2v) is 9.62. The molecule has 0 fully saturated rings. The molecule has 8 heteroatoms. The van der Waals surface area contributed by atoms with Crippen molar-refractivity contribution in [3.63, 3.8) is 0 Å². The van der Waals surface area contributed by atoms with Gasteiger partial charge in [0.05, 0.1) is 10.2 Å². The molecule has 0 aliphatic carbocycles. The molecule has 0 saturated heterocycles. The molecule has 0 aliphatic heterocycles. The van der Waals surface area contributed by atoms with Crippen LogP contribution in [0.3, 0.4) is 0 Å². The highest BCUT2D eigenvalue weighted by atomic mass is 35.5. The van der Waals surface area contributed by atoms with Gasteiger partial charge in [0.1, 0.15) is 28.0 Å². The Balaban J connectivity index is 1.74. The van der Waals surface area contributed by atoms with E-state index in [4.69, 9.17) is 17.3 Å². The summed E-state index contributed by atoms with van der Waals surface area (Å²) in [5, 5.41) is 17.4. The molecule has 1 amide bonds. The largest absolute Gasteiger partial charge is 0.383 e. The number of hydrogen-bond acceptors (Lipinski definition) is 6. The topological polar surface area (TPSA) is 104 Å². The molecule has 0 spiro atoms. The number of amides is 1. The average Bonchev–Trinajstić information content (AvgIpc) is 3.23. The van der Waals surface area contributed by atoms with Gasteiger partial charge in [-0.25, -0.2) is 4.98 Å². The standard InChI is InChI=1S/C28H20ClN5OS/c1-16-7-13-20(14-8-16)32-27(35)23-24-25(36-28(23)33-19-5-3-2-4-6-19)22(21(15-30)26(31)34-24)17-9-11-18(29)12-10-17/h2-14,33H,1H3,(H2,31,34)(H,32,35). The Morgan fingerprint density at radius 3 is 2.36 bits per heavy atom. The number of aryl methyl sites for hydroxylation is 1. The van der Waals surface area contributed by atoms with E-state index in [0.717, 1.165) is 16.8 Å². The fraction of sp³-hybridized carbons (Fsp3) is 0.0357. The number of hydrogen-bond donors (Lipinski definition) is 3. The molecule has 6 nitrogen and oxygen atoms in total. The van der Waals surface area contributed by atoms with Crippen LogP contribution in [-0.4, -0.2) is 10.9 Å². The summed E-state index contributed by atoms with van der Waals surface area (Å²) in [5.41, 5.74) is 11.2. The molecular weight excluding hydrogens is 490 g/mol. The summed E-state index contributed by atoms with van der Waals surface area (Å²) in [7, 11) is 0. The summed E-state index contributed by atoms with van der Waals surface area (Å²) in [6.07, 6.45) is 0. The van der Waals surface area contributed by atoms with Gasteiger partial charge >= 0.3 is 0 Å². The van der Waals surface area contributed by atoms with Gasteiger partial charge < -0.3 is 16.4 Å². The van der Waals surface area contributed by atoms with Crippen LogP contribution in [0.5, 0.6) is 0 Å². The second-order valence-electron chi connectivity index (χ2n) is 8.16. The fourth-order valence-electron chi connectivity index (χ4n) is 3.90. The van der Waals surface area contributed by atoms with E-state index in [9.17, 15) is 10.1 Å². The number of nitrogen functional groups attached to an aromatic ring is 1. The number of halogens is 1. The Hall–Kier alpha value is -4.38. The maximum Gasteiger partial charge on any atom is 0.260 e. The molecule has 3 aromatic carbocycles.